The monoisotopic (exact) mass is 590 g/mol. The SMILES string of the molecule is CCN(CC)C(=O)c1ccc(CNC(=O)c2cccc(S(=O)(=O)Nc3ccc(Cl)c4c(Cl)c[nH]c34)c2F)cc1. The van der Waals surface area contributed by atoms with Crippen LogP contribution in [0.4, 0.5) is 10.1 Å². The molecule has 2 amide bonds. The number of carbonyl (C=O) groups is 2. The maximum Gasteiger partial charge on any atom is 0.264 e. The van der Waals surface area contributed by atoms with Gasteiger partial charge in [0.25, 0.3) is 21.8 Å². The molecule has 4 aromatic rings. The van der Waals surface area contributed by atoms with Crippen molar-refractivity contribution in [3.63, 3.8) is 0 Å². The Kier molecular flexibility index (Phi) is 8.48. The van der Waals surface area contributed by atoms with Crippen molar-refractivity contribution in [1.29, 1.82) is 0 Å². The number of benzene rings is 3. The van der Waals surface area contributed by atoms with E-state index in [1.165, 1.54) is 30.5 Å². The molecule has 39 heavy (non-hydrogen) atoms. The van der Waals surface area contributed by atoms with Gasteiger partial charge >= 0.3 is 0 Å². The number of rotatable bonds is 9. The molecule has 3 aromatic carbocycles. The number of aromatic nitrogens is 1. The third-order valence-corrected chi connectivity index (χ3v) is 8.18. The second kappa shape index (κ2) is 11.6. The molecule has 0 aliphatic heterocycles. The smallest absolute Gasteiger partial charge is 0.264 e. The molecule has 0 bridgehead atoms. The number of nitrogens with zero attached hydrogens (tertiary/aromatic N) is 1. The minimum Gasteiger partial charge on any atom is -0.358 e. The first-order chi connectivity index (χ1) is 18.6. The van der Waals surface area contributed by atoms with Gasteiger partial charge in [-0.3, -0.25) is 14.3 Å². The van der Waals surface area contributed by atoms with Gasteiger partial charge < -0.3 is 15.2 Å². The fourth-order valence-electron chi connectivity index (χ4n) is 4.08. The summed E-state index contributed by atoms with van der Waals surface area (Å²) in [5, 5.41) is 3.61. The van der Waals surface area contributed by atoms with Crippen LogP contribution in [0.25, 0.3) is 10.9 Å². The molecule has 0 atom stereocenters. The highest BCUT2D eigenvalue weighted by Crippen LogP contribution is 2.35. The van der Waals surface area contributed by atoms with Gasteiger partial charge in [0.1, 0.15) is 4.90 Å². The summed E-state index contributed by atoms with van der Waals surface area (Å²) < 4.78 is 43.9. The molecule has 0 unspecified atom stereocenters. The molecular weight excluding hydrogens is 566 g/mol. The van der Waals surface area contributed by atoms with E-state index in [1.807, 2.05) is 13.8 Å². The summed E-state index contributed by atoms with van der Waals surface area (Å²) in [5.74, 6) is -2.08. The molecule has 204 valence electrons. The maximum atomic E-state index is 15.3. The summed E-state index contributed by atoms with van der Waals surface area (Å²) in [4.78, 5) is 29.1. The zero-order valence-electron chi connectivity index (χ0n) is 21.0. The van der Waals surface area contributed by atoms with Crippen molar-refractivity contribution in [3.8, 4) is 0 Å². The minimum atomic E-state index is -4.43. The van der Waals surface area contributed by atoms with Crippen molar-refractivity contribution in [1.82, 2.24) is 15.2 Å². The zero-order chi connectivity index (χ0) is 28.3. The summed E-state index contributed by atoms with van der Waals surface area (Å²) >= 11 is 12.3. The van der Waals surface area contributed by atoms with Crippen LogP contribution in [0.15, 0.2) is 65.7 Å². The van der Waals surface area contributed by atoms with Crippen LogP contribution in [0, 0.1) is 5.82 Å². The van der Waals surface area contributed by atoms with E-state index in [9.17, 15) is 18.0 Å². The average molecular weight is 591 g/mol. The van der Waals surface area contributed by atoms with E-state index in [4.69, 9.17) is 23.2 Å². The quantitative estimate of drug-likeness (QED) is 0.228. The molecule has 1 heterocycles. The predicted molar refractivity (Wildman–Crippen MR) is 150 cm³/mol. The zero-order valence-corrected chi connectivity index (χ0v) is 23.3. The van der Waals surface area contributed by atoms with Crippen molar-refractivity contribution in [2.75, 3.05) is 17.8 Å². The number of nitrogens with one attached hydrogen (secondary N) is 3. The van der Waals surface area contributed by atoms with Crippen LogP contribution in [0.5, 0.6) is 0 Å². The topological polar surface area (TPSA) is 111 Å². The number of anilines is 1. The highest BCUT2D eigenvalue weighted by atomic mass is 35.5. The molecule has 0 saturated heterocycles. The minimum absolute atomic E-state index is 0.0452. The van der Waals surface area contributed by atoms with Crippen LogP contribution in [0.1, 0.15) is 40.1 Å². The molecule has 3 N–H and O–H groups in total. The number of aromatic amines is 1. The Bertz CT molecular complexity index is 1650. The Morgan fingerprint density at radius 1 is 0.974 bits per heavy atom. The van der Waals surface area contributed by atoms with E-state index in [2.05, 4.69) is 15.0 Å². The number of amides is 2. The van der Waals surface area contributed by atoms with Gasteiger partial charge in [-0.25, -0.2) is 12.8 Å². The number of sulfonamides is 1. The Morgan fingerprint density at radius 2 is 1.67 bits per heavy atom. The number of H-pyrrole nitrogens is 1. The second-order valence-electron chi connectivity index (χ2n) is 8.56. The Balaban J connectivity index is 1.50. The molecule has 0 saturated carbocycles. The first kappa shape index (κ1) is 28.4. The Hall–Kier alpha value is -3.60. The number of fused-ring (bicyclic) bond motifs is 1. The predicted octanol–water partition coefficient (Wildman–Crippen LogP) is 5.83. The van der Waals surface area contributed by atoms with E-state index in [0.717, 1.165) is 6.07 Å². The molecule has 4 rings (SSSR count). The van der Waals surface area contributed by atoms with Crippen molar-refractivity contribution < 1.29 is 22.4 Å². The van der Waals surface area contributed by atoms with Crippen LogP contribution in [-0.4, -0.2) is 43.2 Å². The van der Waals surface area contributed by atoms with Gasteiger partial charge in [-0.2, -0.15) is 0 Å². The van der Waals surface area contributed by atoms with Crippen molar-refractivity contribution in [2.24, 2.45) is 0 Å². The lowest BCUT2D eigenvalue weighted by atomic mass is 10.1. The molecule has 0 radical (unpaired) electrons. The third kappa shape index (κ3) is 5.88. The first-order valence-corrected chi connectivity index (χ1v) is 14.2. The lowest BCUT2D eigenvalue weighted by Gasteiger charge is -2.18. The number of hydrogen-bond donors (Lipinski definition) is 3. The highest BCUT2D eigenvalue weighted by molar-refractivity contribution is 7.92. The van der Waals surface area contributed by atoms with E-state index in [0.29, 0.717) is 45.2 Å². The number of carbonyl (C=O) groups excluding carboxylic acids is 2. The number of halogens is 3. The molecule has 1 aromatic heterocycles. The third-order valence-electron chi connectivity index (χ3n) is 6.18. The highest BCUT2D eigenvalue weighted by Gasteiger charge is 2.25. The van der Waals surface area contributed by atoms with Gasteiger partial charge in [-0.05, 0) is 55.8 Å². The van der Waals surface area contributed by atoms with Gasteiger partial charge in [-0.1, -0.05) is 41.4 Å². The second-order valence-corrected chi connectivity index (χ2v) is 11.0. The Morgan fingerprint density at radius 3 is 2.33 bits per heavy atom. The lowest BCUT2D eigenvalue weighted by Crippen LogP contribution is -2.30. The summed E-state index contributed by atoms with van der Waals surface area (Å²) in [6.45, 7) is 5.02. The molecular formula is C27H25Cl2FN4O4S. The largest absolute Gasteiger partial charge is 0.358 e. The van der Waals surface area contributed by atoms with Crippen LogP contribution < -0.4 is 10.0 Å². The molecule has 8 nitrogen and oxygen atoms in total. The lowest BCUT2D eigenvalue weighted by molar-refractivity contribution is 0.0772. The van der Waals surface area contributed by atoms with Gasteiger partial charge in [-0.15, -0.1) is 0 Å². The van der Waals surface area contributed by atoms with Gasteiger partial charge in [0.05, 0.1) is 26.8 Å². The van der Waals surface area contributed by atoms with Crippen LogP contribution in [-0.2, 0) is 16.6 Å². The van der Waals surface area contributed by atoms with E-state index in [-0.39, 0.29) is 18.1 Å². The Labute approximate surface area is 235 Å². The number of hydrogen-bond acceptors (Lipinski definition) is 4. The standard InChI is InChI=1S/C27H25Cl2FN4O4S/c1-3-34(4-2)27(36)17-10-8-16(9-11-17)14-32-26(35)18-6-5-7-22(24(18)30)39(37,38)33-21-13-12-19(28)23-20(29)15-31-25(21)23/h5-13,15,31,33H,3-4,14H2,1-2H3,(H,32,35). The van der Waals surface area contributed by atoms with Crippen molar-refractivity contribution in [2.45, 2.75) is 25.3 Å². The first-order valence-electron chi connectivity index (χ1n) is 12.0. The van der Waals surface area contributed by atoms with Gasteiger partial charge in [0.2, 0.25) is 0 Å². The maximum absolute atomic E-state index is 15.3. The van der Waals surface area contributed by atoms with E-state index < -0.39 is 32.2 Å². The van der Waals surface area contributed by atoms with E-state index in [1.54, 1.807) is 29.2 Å². The molecule has 12 heteroatoms. The fourth-order valence-corrected chi connectivity index (χ4v) is 5.81. The van der Waals surface area contributed by atoms with Crippen LogP contribution in [0.2, 0.25) is 10.0 Å². The summed E-state index contributed by atoms with van der Waals surface area (Å²) in [5.41, 5.74) is 1.20. The normalized spacial score (nSPS) is 11.4. The molecule has 0 spiro atoms. The van der Waals surface area contributed by atoms with E-state index >= 15 is 4.39 Å². The summed E-state index contributed by atoms with van der Waals surface area (Å²) in [7, 11) is -4.43. The van der Waals surface area contributed by atoms with Crippen molar-refractivity contribution in [3.05, 3.63) is 93.3 Å². The molecule has 0 aliphatic carbocycles. The molecule has 0 aliphatic rings. The van der Waals surface area contributed by atoms with Crippen molar-refractivity contribution >= 4 is 61.6 Å². The van der Waals surface area contributed by atoms with Gasteiger partial charge in [0.15, 0.2) is 5.82 Å². The van der Waals surface area contributed by atoms with Crippen LogP contribution in [0.3, 0.4) is 0 Å². The fraction of sp³-hybridized carbons (Fsp3) is 0.185. The average Bonchev–Trinajstić information content (AvgIpc) is 3.32. The van der Waals surface area contributed by atoms with Crippen LogP contribution >= 0.6 is 23.2 Å². The summed E-state index contributed by atoms with van der Waals surface area (Å²) in [6, 6.07) is 13.1. The van der Waals surface area contributed by atoms with Gasteiger partial charge in [0, 0.05) is 36.8 Å². The molecule has 0 fully saturated rings. The summed E-state index contributed by atoms with van der Waals surface area (Å²) in [6.07, 6.45) is 1.46.